The molecule has 1 fully saturated rings. The molecule has 0 spiro atoms. The Bertz CT molecular complexity index is 503. The van der Waals surface area contributed by atoms with Gasteiger partial charge in [0.2, 0.25) is 0 Å². The fourth-order valence-electron chi connectivity index (χ4n) is 1.95. The molecule has 0 aromatic carbocycles. The van der Waals surface area contributed by atoms with Gasteiger partial charge in [-0.2, -0.15) is 0 Å². The lowest BCUT2D eigenvalue weighted by atomic mass is 10.1. The molecule has 0 atom stereocenters. The highest BCUT2D eigenvalue weighted by atomic mass is 32.1. The Hall–Kier alpha value is -1.60. The molecule has 1 aliphatic heterocycles. The third-order valence-electron chi connectivity index (χ3n) is 2.90. The number of nitrogens with zero attached hydrogens (tertiary/aromatic N) is 2. The number of carbonyl (C=O) groups excluding carboxylic acids is 1. The van der Waals surface area contributed by atoms with Gasteiger partial charge in [-0.1, -0.05) is 0 Å². The lowest BCUT2D eigenvalue weighted by Crippen LogP contribution is -2.36. The van der Waals surface area contributed by atoms with E-state index >= 15 is 0 Å². The van der Waals surface area contributed by atoms with Crippen molar-refractivity contribution >= 4 is 28.0 Å². The zero-order valence-electron chi connectivity index (χ0n) is 11.7. The van der Waals surface area contributed by atoms with Gasteiger partial charge in [-0.15, -0.1) is 11.3 Å². The van der Waals surface area contributed by atoms with Gasteiger partial charge in [0.1, 0.15) is 5.57 Å². The summed E-state index contributed by atoms with van der Waals surface area (Å²) in [6.45, 7) is 6.79. The molecule has 2 heterocycles. The van der Waals surface area contributed by atoms with Crippen LogP contribution in [0.4, 0.5) is 5.13 Å². The van der Waals surface area contributed by atoms with Crippen molar-refractivity contribution in [2.24, 2.45) is 5.73 Å². The molecule has 0 unspecified atom stereocenters. The number of allylic oxidation sites excluding steroid dienone is 1. The summed E-state index contributed by atoms with van der Waals surface area (Å²) in [4.78, 5) is 18.6. The molecular weight excluding hydrogens is 278 g/mol. The summed E-state index contributed by atoms with van der Waals surface area (Å²) in [6.07, 6.45) is 0. The predicted molar refractivity (Wildman–Crippen MR) is 78.6 cm³/mol. The van der Waals surface area contributed by atoms with Crippen molar-refractivity contribution in [2.75, 3.05) is 37.8 Å². The van der Waals surface area contributed by atoms with Gasteiger partial charge in [0.05, 0.1) is 25.5 Å². The standard InChI is InChI=1S/C13H19N3O3S/c1-3-19-12(17)11(9(2)14)10-8-20-13(15-10)16-4-6-18-7-5-16/h8H,3-7,14H2,1-2H3. The van der Waals surface area contributed by atoms with Crippen molar-refractivity contribution in [3.8, 4) is 0 Å². The molecule has 1 aromatic rings. The minimum Gasteiger partial charge on any atom is -0.462 e. The maximum atomic E-state index is 11.9. The number of anilines is 1. The Balaban J connectivity index is 2.21. The average Bonchev–Trinajstić information content (AvgIpc) is 2.89. The highest BCUT2D eigenvalue weighted by Gasteiger charge is 2.21. The number of aromatic nitrogens is 1. The molecule has 0 saturated carbocycles. The number of thiazole rings is 1. The van der Waals surface area contributed by atoms with Gasteiger partial charge in [-0.25, -0.2) is 9.78 Å². The quantitative estimate of drug-likeness (QED) is 0.665. The number of ether oxygens (including phenoxy) is 2. The van der Waals surface area contributed by atoms with E-state index < -0.39 is 5.97 Å². The molecule has 7 heteroatoms. The largest absolute Gasteiger partial charge is 0.462 e. The summed E-state index contributed by atoms with van der Waals surface area (Å²) in [5.41, 5.74) is 7.14. The van der Waals surface area contributed by atoms with Crippen LogP contribution in [-0.2, 0) is 14.3 Å². The third kappa shape index (κ3) is 3.29. The molecule has 0 radical (unpaired) electrons. The molecule has 0 bridgehead atoms. The van der Waals surface area contributed by atoms with Crippen molar-refractivity contribution in [3.63, 3.8) is 0 Å². The number of rotatable bonds is 4. The molecule has 2 rings (SSSR count). The molecule has 0 aliphatic carbocycles. The maximum absolute atomic E-state index is 11.9. The van der Waals surface area contributed by atoms with Crippen LogP contribution < -0.4 is 10.6 Å². The fraction of sp³-hybridized carbons (Fsp3) is 0.538. The zero-order valence-corrected chi connectivity index (χ0v) is 12.5. The monoisotopic (exact) mass is 297 g/mol. The van der Waals surface area contributed by atoms with Crippen LogP contribution in [0.25, 0.3) is 5.57 Å². The van der Waals surface area contributed by atoms with E-state index in [-0.39, 0.29) is 0 Å². The lowest BCUT2D eigenvalue weighted by Gasteiger charge is -2.26. The van der Waals surface area contributed by atoms with E-state index in [2.05, 4.69) is 9.88 Å². The molecular formula is C13H19N3O3S. The Labute approximate surface area is 122 Å². The summed E-state index contributed by atoms with van der Waals surface area (Å²) in [7, 11) is 0. The average molecular weight is 297 g/mol. The van der Waals surface area contributed by atoms with Crippen LogP contribution in [0.3, 0.4) is 0 Å². The van der Waals surface area contributed by atoms with Gasteiger partial charge in [0, 0.05) is 24.2 Å². The van der Waals surface area contributed by atoms with Crippen molar-refractivity contribution in [1.82, 2.24) is 4.98 Å². The van der Waals surface area contributed by atoms with Gasteiger partial charge in [0.25, 0.3) is 0 Å². The first-order valence-electron chi connectivity index (χ1n) is 6.55. The van der Waals surface area contributed by atoms with Crippen molar-refractivity contribution in [2.45, 2.75) is 13.8 Å². The number of esters is 1. The van der Waals surface area contributed by atoms with E-state index in [0.29, 0.717) is 36.8 Å². The van der Waals surface area contributed by atoms with E-state index in [0.717, 1.165) is 18.2 Å². The number of morpholine rings is 1. The van der Waals surface area contributed by atoms with Gasteiger partial charge in [-0.05, 0) is 13.8 Å². The lowest BCUT2D eigenvalue weighted by molar-refractivity contribution is -0.136. The SMILES string of the molecule is CCOC(=O)C(=C(C)N)c1csc(N2CCOCC2)n1. The molecule has 20 heavy (non-hydrogen) atoms. The summed E-state index contributed by atoms with van der Waals surface area (Å²) in [5, 5.41) is 2.72. The van der Waals surface area contributed by atoms with E-state index in [1.165, 1.54) is 11.3 Å². The topological polar surface area (TPSA) is 77.7 Å². The van der Waals surface area contributed by atoms with Crippen molar-refractivity contribution < 1.29 is 14.3 Å². The predicted octanol–water partition coefficient (Wildman–Crippen LogP) is 1.23. The van der Waals surface area contributed by atoms with Crippen molar-refractivity contribution in [1.29, 1.82) is 0 Å². The smallest absolute Gasteiger partial charge is 0.342 e. The number of hydrogen-bond donors (Lipinski definition) is 1. The molecule has 1 aliphatic rings. The Morgan fingerprint density at radius 2 is 2.25 bits per heavy atom. The summed E-state index contributed by atoms with van der Waals surface area (Å²) >= 11 is 1.50. The molecule has 2 N–H and O–H groups in total. The molecule has 6 nitrogen and oxygen atoms in total. The first-order valence-corrected chi connectivity index (χ1v) is 7.43. The number of nitrogens with two attached hydrogens (primary N) is 1. The van der Waals surface area contributed by atoms with Crippen LogP contribution in [0.5, 0.6) is 0 Å². The highest BCUT2D eigenvalue weighted by molar-refractivity contribution is 7.13. The van der Waals surface area contributed by atoms with E-state index in [4.69, 9.17) is 15.2 Å². The second-order valence-corrected chi connectivity index (χ2v) is 5.23. The minimum absolute atomic E-state index is 0.316. The van der Waals surface area contributed by atoms with Gasteiger partial charge < -0.3 is 20.1 Å². The van der Waals surface area contributed by atoms with Crippen LogP contribution in [-0.4, -0.2) is 43.9 Å². The molecule has 1 saturated heterocycles. The van der Waals surface area contributed by atoms with Gasteiger partial charge >= 0.3 is 5.97 Å². The molecule has 110 valence electrons. The van der Waals surface area contributed by atoms with Crippen LogP contribution in [0.1, 0.15) is 19.5 Å². The van der Waals surface area contributed by atoms with Crippen LogP contribution >= 0.6 is 11.3 Å². The minimum atomic E-state index is -0.425. The highest BCUT2D eigenvalue weighted by Crippen LogP contribution is 2.27. The Morgan fingerprint density at radius 1 is 1.55 bits per heavy atom. The normalized spacial score (nSPS) is 16.8. The summed E-state index contributed by atoms with van der Waals surface area (Å²) < 4.78 is 10.3. The Kier molecular flexibility index (Phi) is 4.97. The zero-order chi connectivity index (χ0) is 14.5. The second-order valence-electron chi connectivity index (χ2n) is 4.39. The third-order valence-corrected chi connectivity index (χ3v) is 3.81. The Morgan fingerprint density at radius 3 is 2.85 bits per heavy atom. The van der Waals surface area contributed by atoms with E-state index in [1.807, 2.05) is 5.38 Å². The number of carbonyl (C=O) groups is 1. The summed E-state index contributed by atoms with van der Waals surface area (Å²) in [5.74, 6) is -0.425. The second kappa shape index (κ2) is 6.71. The number of hydrogen-bond acceptors (Lipinski definition) is 7. The van der Waals surface area contributed by atoms with Crippen LogP contribution in [0, 0.1) is 0 Å². The fourth-order valence-corrected chi connectivity index (χ4v) is 2.82. The first kappa shape index (κ1) is 14.8. The molecule has 0 amide bonds. The summed E-state index contributed by atoms with van der Waals surface area (Å²) in [6, 6.07) is 0. The van der Waals surface area contributed by atoms with E-state index in [1.54, 1.807) is 13.8 Å². The van der Waals surface area contributed by atoms with Crippen molar-refractivity contribution in [3.05, 3.63) is 16.8 Å². The maximum Gasteiger partial charge on any atom is 0.342 e. The van der Waals surface area contributed by atoms with Crippen LogP contribution in [0.2, 0.25) is 0 Å². The molecule has 1 aromatic heterocycles. The van der Waals surface area contributed by atoms with Gasteiger partial charge in [0.15, 0.2) is 5.13 Å². The van der Waals surface area contributed by atoms with Crippen LogP contribution in [0.15, 0.2) is 11.1 Å². The van der Waals surface area contributed by atoms with E-state index in [9.17, 15) is 4.79 Å². The van der Waals surface area contributed by atoms with Gasteiger partial charge in [-0.3, -0.25) is 0 Å². The first-order chi connectivity index (χ1) is 9.63.